The molecule has 3 saturated carbocycles. The van der Waals surface area contributed by atoms with E-state index in [0.29, 0.717) is 5.92 Å². The highest BCUT2D eigenvalue weighted by molar-refractivity contribution is 4.96. The Bertz CT molecular complexity index is 158. The molecule has 3 rings (SSSR count). The molecule has 2 bridgehead atoms. The molecule has 0 aliphatic heterocycles. The molecule has 1 heteroatoms. The molecule has 0 aromatic heterocycles. The van der Waals surface area contributed by atoms with Crippen molar-refractivity contribution in [1.29, 1.82) is 0 Å². The first-order valence-corrected chi connectivity index (χ1v) is 5.47. The van der Waals surface area contributed by atoms with Crippen LogP contribution in [-0.4, -0.2) is 10.7 Å². The fourth-order valence-corrected chi connectivity index (χ4v) is 3.31. The summed E-state index contributed by atoms with van der Waals surface area (Å²) < 4.78 is 0. The van der Waals surface area contributed by atoms with Crippen molar-refractivity contribution in [3.8, 4) is 0 Å². The zero-order valence-electron chi connectivity index (χ0n) is 8.05. The van der Waals surface area contributed by atoms with Gasteiger partial charge in [-0.3, -0.25) is 0 Å². The lowest BCUT2D eigenvalue weighted by atomic mass is 9.61. The molecule has 0 aromatic rings. The Labute approximate surface area is 75.2 Å². The molecule has 1 nitrogen and oxygen atoms in total. The van der Waals surface area contributed by atoms with Crippen molar-refractivity contribution >= 4 is 0 Å². The van der Waals surface area contributed by atoms with Crippen molar-refractivity contribution in [3.63, 3.8) is 0 Å². The van der Waals surface area contributed by atoms with Crippen LogP contribution >= 0.6 is 0 Å². The zero-order valence-corrected chi connectivity index (χ0v) is 8.05. The van der Waals surface area contributed by atoms with Gasteiger partial charge in [-0.1, -0.05) is 13.3 Å². The third kappa shape index (κ3) is 1.28. The van der Waals surface area contributed by atoms with Gasteiger partial charge in [0.15, 0.2) is 0 Å². The summed E-state index contributed by atoms with van der Waals surface area (Å²) >= 11 is 0. The lowest BCUT2D eigenvalue weighted by molar-refractivity contribution is -0.102. The minimum atomic E-state index is -0.254. The van der Waals surface area contributed by atoms with Gasteiger partial charge in [-0.15, -0.1) is 0 Å². The number of hydrogen-bond acceptors (Lipinski definition) is 1. The van der Waals surface area contributed by atoms with E-state index in [-0.39, 0.29) is 5.60 Å². The fourth-order valence-electron chi connectivity index (χ4n) is 3.31. The van der Waals surface area contributed by atoms with Gasteiger partial charge in [0.2, 0.25) is 0 Å². The van der Waals surface area contributed by atoms with Crippen LogP contribution in [0.15, 0.2) is 0 Å². The molecular weight excluding hydrogens is 148 g/mol. The normalized spacial score (nSPS) is 46.5. The molecule has 0 spiro atoms. The molecule has 0 heterocycles. The fraction of sp³-hybridized carbons (Fsp3) is 1.00. The molecule has 0 amide bonds. The van der Waals surface area contributed by atoms with E-state index in [4.69, 9.17) is 0 Å². The summed E-state index contributed by atoms with van der Waals surface area (Å²) in [5.74, 6) is 1.49. The molecule has 1 unspecified atom stereocenters. The number of aliphatic hydroxyl groups is 1. The second kappa shape index (κ2) is 3.02. The first-order chi connectivity index (χ1) is 5.74. The van der Waals surface area contributed by atoms with Gasteiger partial charge in [-0.2, -0.15) is 0 Å². The van der Waals surface area contributed by atoms with E-state index in [1.165, 1.54) is 25.7 Å². The van der Waals surface area contributed by atoms with Crippen LogP contribution < -0.4 is 0 Å². The molecule has 1 N–H and O–H groups in total. The highest BCUT2D eigenvalue weighted by Gasteiger charge is 2.45. The van der Waals surface area contributed by atoms with Crippen LogP contribution in [0, 0.1) is 11.8 Å². The zero-order chi connectivity index (χ0) is 8.60. The van der Waals surface area contributed by atoms with Gasteiger partial charge in [0.05, 0.1) is 5.60 Å². The van der Waals surface area contributed by atoms with Crippen molar-refractivity contribution in [2.24, 2.45) is 11.8 Å². The molecule has 0 radical (unpaired) electrons. The standard InChI is InChI=1S/C11H20O/c1-2-7-11(12)8-9-3-5-10(11)6-4-9/h9-10,12H,2-8H2,1H3. The maximum atomic E-state index is 10.4. The molecule has 0 aromatic carbocycles. The van der Waals surface area contributed by atoms with Gasteiger partial charge in [0.1, 0.15) is 0 Å². The van der Waals surface area contributed by atoms with E-state index < -0.39 is 0 Å². The van der Waals surface area contributed by atoms with Crippen molar-refractivity contribution in [3.05, 3.63) is 0 Å². The molecular formula is C11H20O. The number of rotatable bonds is 2. The van der Waals surface area contributed by atoms with Crippen LogP contribution in [0.25, 0.3) is 0 Å². The predicted octanol–water partition coefficient (Wildman–Crippen LogP) is 2.73. The van der Waals surface area contributed by atoms with Gasteiger partial charge >= 0.3 is 0 Å². The van der Waals surface area contributed by atoms with E-state index in [2.05, 4.69) is 6.92 Å². The van der Waals surface area contributed by atoms with Crippen LogP contribution in [0.5, 0.6) is 0 Å². The molecule has 70 valence electrons. The highest BCUT2D eigenvalue weighted by atomic mass is 16.3. The third-order valence-corrected chi connectivity index (χ3v) is 3.93. The summed E-state index contributed by atoms with van der Waals surface area (Å²) in [5, 5.41) is 10.4. The molecule has 3 fully saturated rings. The SMILES string of the molecule is CCCC1(O)CC2CCC1CC2. The lowest BCUT2D eigenvalue weighted by Gasteiger charge is -2.48. The topological polar surface area (TPSA) is 20.2 Å². The average Bonchev–Trinajstić information content (AvgIpc) is 2.05. The molecule has 1 atom stereocenters. The quantitative estimate of drug-likeness (QED) is 0.672. The second-order valence-electron chi connectivity index (χ2n) is 4.78. The molecule has 12 heavy (non-hydrogen) atoms. The monoisotopic (exact) mass is 168 g/mol. The number of hydrogen-bond donors (Lipinski definition) is 1. The largest absolute Gasteiger partial charge is 0.390 e. The Morgan fingerprint density at radius 3 is 2.33 bits per heavy atom. The Balaban J connectivity index is 2.06. The molecule has 0 saturated heterocycles. The van der Waals surface area contributed by atoms with Gasteiger partial charge in [-0.25, -0.2) is 0 Å². The minimum absolute atomic E-state index is 0.254. The van der Waals surface area contributed by atoms with Gasteiger partial charge < -0.3 is 5.11 Å². The van der Waals surface area contributed by atoms with Crippen LogP contribution in [0.4, 0.5) is 0 Å². The summed E-state index contributed by atoms with van der Waals surface area (Å²) in [6.07, 6.45) is 8.63. The first-order valence-electron chi connectivity index (χ1n) is 5.47. The van der Waals surface area contributed by atoms with Crippen molar-refractivity contribution < 1.29 is 5.11 Å². The van der Waals surface area contributed by atoms with E-state index in [1.54, 1.807) is 0 Å². The number of fused-ring (bicyclic) bond motifs is 3. The molecule has 3 aliphatic rings. The average molecular weight is 168 g/mol. The van der Waals surface area contributed by atoms with Crippen molar-refractivity contribution in [1.82, 2.24) is 0 Å². The van der Waals surface area contributed by atoms with Gasteiger partial charge in [0.25, 0.3) is 0 Å². The second-order valence-corrected chi connectivity index (χ2v) is 4.78. The maximum absolute atomic E-state index is 10.4. The predicted molar refractivity (Wildman–Crippen MR) is 49.9 cm³/mol. The van der Waals surface area contributed by atoms with E-state index in [9.17, 15) is 5.11 Å². The van der Waals surface area contributed by atoms with Gasteiger partial charge in [0, 0.05) is 0 Å². The summed E-state index contributed by atoms with van der Waals surface area (Å²) in [6.45, 7) is 2.18. The Morgan fingerprint density at radius 1 is 1.25 bits per heavy atom. The summed E-state index contributed by atoms with van der Waals surface area (Å²) in [4.78, 5) is 0. The third-order valence-electron chi connectivity index (χ3n) is 3.93. The van der Waals surface area contributed by atoms with Crippen LogP contribution in [0.2, 0.25) is 0 Å². The maximum Gasteiger partial charge on any atom is 0.0678 e. The van der Waals surface area contributed by atoms with Crippen LogP contribution in [-0.2, 0) is 0 Å². The Morgan fingerprint density at radius 2 is 1.92 bits per heavy atom. The van der Waals surface area contributed by atoms with Crippen molar-refractivity contribution in [2.45, 2.75) is 57.5 Å². The summed E-state index contributed by atoms with van der Waals surface area (Å²) in [5.41, 5.74) is -0.254. The lowest BCUT2D eigenvalue weighted by Crippen LogP contribution is -2.47. The first kappa shape index (κ1) is 8.55. The Hall–Kier alpha value is -0.0400. The Kier molecular flexibility index (Phi) is 2.16. The minimum Gasteiger partial charge on any atom is -0.390 e. The van der Waals surface area contributed by atoms with Gasteiger partial charge in [-0.05, 0) is 50.4 Å². The molecule has 3 aliphatic carbocycles. The highest BCUT2D eigenvalue weighted by Crippen LogP contribution is 2.49. The van der Waals surface area contributed by atoms with E-state index >= 15 is 0 Å². The van der Waals surface area contributed by atoms with Crippen LogP contribution in [0.3, 0.4) is 0 Å². The summed E-state index contributed by atoms with van der Waals surface area (Å²) in [7, 11) is 0. The van der Waals surface area contributed by atoms with E-state index in [1.807, 2.05) is 0 Å². The van der Waals surface area contributed by atoms with E-state index in [0.717, 1.165) is 25.2 Å². The van der Waals surface area contributed by atoms with Crippen molar-refractivity contribution in [2.75, 3.05) is 0 Å². The smallest absolute Gasteiger partial charge is 0.0678 e. The summed E-state index contributed by atoms with van der Waals surface area (Å²) in [6, 6.07) is 0. The van der Waals surface area contributed by atoms with Crippen LogP contribution in [0.1, 0.15) is 51.9 Å².